The minimum Gasteiger partial charge on any atom is -0.284 e. The van der Waals surface area contributed by atoms with Crippen LogP contribution in [0.4, 0.5) is 9.52 Å². The molecule has 3 aromatic carbocycles. The Balaban J connectivity index is 1.55. The number of benzene rings is 3. The molecule has 0 radical (unpaired) electrons. The van der Waals surface area contributed by atoms with Crippen LogP contribution in [0.5, 0.6) is 0 Å². The van der Waals surface area contributed by atoms with Crippen LogP contribution in [0.3, 0.4) is 0 Å². The van der Waals surface area contributed by atoms with Gasteiger partial charge in [-0.05, 0) is 67.3 Å². The Hall–Kier alpha value is -3.10. The maximum atomic E-state index is 13.3. The maximum absolute atomic E-state index is 13.3. The number of hydrogen-bond acceptors (Lipinski definition) is 5. The third kappa shape index (κ3) is 5.51. The molecule has 176 valence electrons. The minimum absolute atomic E-state index is 0.0551. The average Bonchev–Trinajstić information content (AvgIpc) is 3.22. The number of rotatable bonds is 8. The summed E-state index contributed by atoms with van der Waals surface area (Å²) in [6.45, 7) is 4.38. The van der Waals surface area contributed by atoms with E-state index in [9.17, 15) is 17.6 Å². The Morgan fingerprint density at radius 3 is 2.44 bits per heavy atom. The zero-order valence-electron chi connectivity index (χ0n) is 19.0. The fourth-order valence-electron chi connectivity index (χ4n) is 3.81. The second kappa shape index (κ2) is 10.0. The van der Waals surface area contributed by atoms with Crippen LogP contribution in [0.15, 0.2) is 71.6 Å². The smallest absolute Gasteiger partial charge is 0.229 e. The quantitative estimate of drug-likeness (QED) is 0.288. The molecule has 0 aliphatic carbocycles. The molecule has 1 heterocycles. The van der Waals surface area contributed by atoms with Gasteiger partial charge in [-0.15, -0.1) is 0 Å². The Bertz CT molecular complexity index is 1420. The van der Waals surface area contributed by atoms with Crippen LogP contribution in [-0.4, -0.2) is 25.1 Å². The largest absolute Gasteiger partial charge is 0.284 e. The summed E-state index contributed by atoms with van der Waals surface area (Å²) in [7, 11) is -3.60. The number of fused-ring (bicyclic) bond motifs is 1. The van der Waals surface area contributed by atoms with Gasteiger partial charge in [0.2, 0.25) is 5.91 Å². The highest BCUT2D eigenvalue weighted by Crippen LogP contribution is 2.33. The van der Waals surface area contributed by atoms with Crippen molar-refractivity contribution in [2.75, 3.05) is 10.7 Å². The molecule has 0 bridgehead atoms. The van der Waals surface area contributed by atoms with Crippen LogP contribution < -0.4 is 4.90 Å². The highest BCUT2D eigenvalue weighted by atomic mass is 32.2. The van der Waals surface area contributed by atoms with E-state index in [-0.39, 0.29) is 29.4 Å². The van der Waals surface area contributed by atoms with E-state index < -0.39 is 15.7 Å². The summed E-state index contributed by atoms with van der Waals surface area (Å²) in [6, 6.07) is 18.5. The molecule has 0 saturated heterocycles. The predicted molar refractivity (Wildman–Crippen MR) is 134 cm³/mol. The molecule has 4 rings (SSSR count). The fraction of sp³-hybridized carbons (Fsp3) is 0.231. The second-order valence-electron chi connectivity index (χ2n) is 8.27. The third-order valence-corrected chi connectivity index (χ3v) is 8.35. The van der Waals surface area contributed by atoms with Crippen molar-refractivity contribution in [3.05, 3.63) is 89.2 Å². The first-order valence-electron chi connectivity index (χ1n) is 10.9. The number of nitrogens with zero attached hydrogens (tertiary/aromatic N) is 2. The van der Waals surface area contributed by atoms with Gasteiger partial charge in [0.05, 0.1) is 27.4 Å². The molecule has 0 N–H and O–H groups in total. The van der Waals surface area contributed by atoms with Crippen molar-refractivity contribution in [3.8, 4) is 0 Å². The van der Waals surface area contributed by atoms with E-state index in [1.54, 1.807) is 4.90 Å². The number of halogens is 1. The van der Waals surface area contributed by atoms with Gasteiger partial charge < -0.3 is 0 Å². The molecule has 1 amide bonds. The number of thiazole rings is 1. The van der Waals surface area contributed by atoms with E-state index in [0.717, 1.165) is 39.0 Å². The number of hydrogen-bond donors (Lipinski definition) is 0. The molecule has 0 saturated carbocycles. The lowest BCUT2D eigenvalue weighted by Gasteiger charge is -2.20. The van der Waals surface area contributed by atoms with Crippen molar-refractivity contribution < 1.29 is 17.6 Å². The molecule has 0 aliphatic heterocycles. The van der Waals surface area contributed by atoms with Crippen molar-refractivity contribution >= 4 is 42.4 Å². The molecule has 0 atom stereocenters. The van der Waals surface area contributed by atoms with Crippen LogP contribution in [-0.2, 0) is 21.2 Å². The summed E-state index contributed by atoms with van der Waals surface area (Å²) < 4.78 is 39.3. The highest BCUT2D eigenvalue weighted by Gasteiger charge is 2.22. The van der Waals surface area contributed by atoms with Gasteiger partial charge in [0, 0.05) is 6.42 Å². The number of amides is 1. The number of carbonyl (C=O) groups excluding carboxylic acids is 1. The average molecular weight is 497 g/mol. The number of sulfone groups is 1. The molecule has 0 spiro atoms. The number of anilines is 1. The molecule has 4 aromatic rings. The lowest BCUT2D eigenvalue weighted by atomic mass is 10.1. The van der Waals surface area contributed by atoms with Gasteiger partial charge >= 0.3 is 0 Å². The van der Waals surface area contributed by atoms with Gasteiger partial charge in [-0.3, -0.25) is 9.69 Å². The van der Waals surface area contributed by atoms with E-state index in [0.29, 0.717) is 11.7 Å². The van der Waals surface area contributed by atoms with Crippen LogP contribution >= 0.6 is 11.3 Å². The van der Waals surface area contributed by atoms with Crippen molar-refractivity contribution in [3.63, 3.8) is 0 Å². The first-order valence-corrected chi connectivity index (χ1v) is 13.4. The zero-order valence-corrected chi connectivity index (χ0v) is 20.6. The molecule has 0 unspecified atom stereocenters. The van der Waals surface area contributed by atoms with Gasteiger partial charge in [0.15, 0.2) is 15.0 Å². The van der Waals surface area contributed by atoms with E-state index >= 15 is 0 Å². The van der Waals surface area contributed by atoms with Crippen LogP contribution in [0.2, 0.25) is 0 Å². The first-order chi connectivity index (χ1) is 16.2. The molecule has 5 nitrogen and oxygen atoms in total. The molecule has 0 aliphatic rings. The molecule has 34 heavy (non-hydrogen) atoms. The lowest BCUT2D eigenvalue weighted by Crippen LogP contribution is -2.30. The monoisotopic (exact) mass is 496 g/mol. The Morgan fingerprint density at radius 1 is 1.03 bits per heavy atom. The van der Waals surface area contributed by atoms with Crippen molar-refractivity contribution in [1.29, 1.82) is 0 Å². The topological polar surface area (TPSA) is 67.3 Å². The lowest BCUT2D eigenvalue weighted by molar-refractivity contribution is -0.118. The molecular weight excluding hydrogens is 471 g/mol. The first kappa shape index (κ1) is 24.0. The number of aryl methyl sites for hydroxylation is 2. The molecular formula is C26H25FN2O3S2. The predicted octanol–water partition coefficient (Wildman–Crippen LogP) is 5.84. The van der Waals surface area contributed by atoms with Crippen molar-refractivity contribution in [1.82, 2.24) is 4.98 Å². The van der Waals surface area contributed by atoms with Crippen LogP contribution in [0, 0.1) is 19.7 Å². The summed E-state index contributed by atoms with van der Waals surface area (Å²) in [5.41, 5.74) is 4.01. The second-order valence-corrected chi connectivity index (χ2v) is 11.4. The fourth-order valence-corrected chi connectivity index (χ4v) is 6.28. The van der Waals surface area contributed by atoms with Gasteiger partial charge in [-0.1, -0.05) is 47.7 Å². The highest BCUT2D eigenvalue weighted by molar-refractivity contribution is 7.91. The van der Waals surface area contributed by atoms with Crippen molar-refractivity contribution in [2.45, 2.75) is 38.1 Å². The summed E-state index contributed by atoms with van der Waals surface area (Å²) in [6.07, 6.45) is 0.216. The van der Waals surface area contributed by atoms with E-state index in [1.807, 2.05) is 44.2 Å². The standard InChI is InChI=1S/C26H25FN2O3S2/c1-18-15-19(2)25-23(16-18)33-26(28-25)29(17-20-7-4-3-5-8-20)24(30)9-6-14-34(31,32)22-12-10-21(27)11-13-22/h3-5,7-8,10-13,15-16H,6,9,14,17H2,1-2H3. The summed E-state index contributed by atoms with van der Waals surface area (Å²) in [5.74, 6) is -0.875. The normalized spacial score (nSPS) is 11.6. The Labute approximate surface area is 202 Å². The molecule has 8 heteroatoms. The van der Waals surface area contributed by atoms with Gasteiger partial charge in [0.25, 0.3) is 0 Å². The Kier molecular flexibility index (Phi) is 7.09. The van der Waals surface area contributed by atoms with Gasteiger partial charge in [-0.25, -0.2) is 17.8 Å². The molecule has 0 fully saturated rings. The number of aromatic nitrogens is 1. The van der Waals surface area contributed by atoms with Crippen LogP contribution in [0.25, 0.3) is 10.2 Å². The van der Waals surface area contributed by atoms with Gasteiger partial charge in [0.1, 0.15) is 5.82 Å². The number of carbonyl (C=O) groups is 1. The van der Waals surface area contributed by atoms with E-state index in [1.165, 1.54) is 23.5 Å². The third-order valence-electron chi connectivity index (χ3n) is 5.51. The summed E-state index contributed by atoms with van der Waals surface area (Å²) in [5, 5.41) is 0.596. The Morgan fingerprint density at radius 2 is 1.74 bits per heavy atom. The summed E-state index contributed by atoms with van der Waals surface area (Å²) >= 11 is 1.46. The van der Waals surface area contributed by atoms with Gasteiger partial charge in [-0.2, -0.15) is 0 Å². The SMILES string of the molecule is Cc1cc(C)c2nc(N(Cc3ccccc3)C(=O)CCCS(=O)(=O)c3ccc(F)cc3)sc2c1. The van der Waals surface area contributed by atoms with Crippen molar-refractivity contribution in [2.24, 2.45) is 0 Å². The van der Waals surface area contributed by atoms with E-state index in [4.69, 9.17) is 4.98 Å². The minimum atomic E-state index is -3.60. The zero-order chi connectivity index (χ0) is 24.3. The summed E-state index contributed by atoms with van der Waals surface area (Å²) in [4.78, 5) is 19.7. The van der Waals surface area contributed by atoms with E-state index in [2.05, 4.69) is 12.1 Å². The molecule has 1 aromatic heterocycles. The van der Waals surface area contributed by atoms with Crippen LogP contribution in [0.1, 0.15) is 29.5 Å². The maximum Gasteiger partial charge on any atom is 0.229 e.